The maximum Gasteiger partial charge on any atom is 0.365 e. The van der Waals surface area contributed by atoms with E-state index in [1.54, 1.807) is 37.4 Å². The van der Waals surface area contributed by atoms with Gasteiger partial charge in [-0.1, -0.05) is 16.8 Å². The SMILES string of the molecule is COc1ccc2c(c1)O[C@H](C)C/C2=N\OC(=O)c1ccc(Cl)cc1. The molecule has 0 aliphatic carbocycles. The fourth-order valence-electron chi connectivity index (χ4n) is 2.43. The minimum Gasteiger partial charge on any atom is -0.497 e. The molecule has 5 nitrogen and oxygen atoms in total. The van der Waals surface area contributed by atoms with E-state index in [1.165, 1.54) is 0 Å². The molecule has 1 aliphatic heterocycles. The van der Waals surface area contributed by atoms with Gasteiger partial charge in [-0.2, -0.15) is 0 Å². The van der Waals surface area contributed by atoms with Crippen LogP contribution in [0.4, 0.5) is 0 Å². The van der Waals surface area contributed by atoms with Crippen LogP contribution in [0.1, 0.15) is 29.3 Å². The summed E-state index contributed by atoms with van der Waals surface area (Å²) in [6, 6.07) is 11.9. The number of carbonyl (C=O) groups excluding carboxylic acids is 1. The molecule has 0 unspecified atom stereocenters. The van der Waals surface area contributed by atoms with Gasteiger partial charge in [-0.25, -0.2) is 4.79 Å². The smallest absolute Gasteiger partial charge is 0.365 e. The van der Waals surface area contributed by atoms with E-state index in [-0.39, 0.29) is 6.10 Å². The van der Waals surface area contributed by atoms with E-state index < -0.39 is 5.97 Å². The van der Waals surface area contributed by atoms with Crippen molar-refractivity contribution in [2.45, 2.75) is 19.4 Å². The molecule has 0 aromatic heterocycles. The molecule has 0 radical (unpaired) electrons. The van der Waals surface area contributed by atoms with E-state index in [4.69, 9.17) is 25.9 Å². The molecular formula is C18H16ClNO4. The number of oxime groups is 1. The van der Waals surface area contributed by atoms with E-state index in [9.17, 15) is 4.79 Å². The normalized spacial score (nSPS) is 17.8. The van der Waals surface area contributed by atoms with Gasteiger partial charge in [-0.15, -0.1) is 0 Å². The zero-order valence-corrected chi connectivity index (χ0v) is 14.0. The van der Waals surface area contributed by atoms with Crippen molar-refractivity contribution in [2.75, 3.05) is 7.11 Å². The third-order valence-electron chi connectivity index (χ3n) is 3.63. The lowest BCUT2D eigenvalue weighted by molar-refractivity contribution is 0.0513. The Morgan fingerprint density at radius 2 is 2.00 bits per heavy atom. The van der Waals surface area contributed by atoms with Crippen LogP contribution in [-0.2, 0) is 4.84 Å². The van der Waals surface area contributed by atoms with E-state index >= 15 is 0 Å². The Bertz CT molecular complexity index is 786. The van der Waals surface area contributed by atoms with Crippen LogP contribution in [-0.4, -0.2) is 24.9 Å². The first-order chi connectivity index (χ1) is 11.6. The Morgan fingerprint density at radius 1 is 1.25 bits per heavy atom. The monoisotopic (exact) mass is 345 g/mol. The molecule has 24 heavy (non-hydrogen) atoms. The molecule has 0 saturated heterocycles. The van der Waals surface area contributed by atoms with Crippen LogP contribution in [0, 0.1) is 0 Å². The molecule has 1 atom stereocenters. The Morgan fingerprint density at radius 3 is 2.71 bits per heavy atom. The average Bonchev–Trinajstić information content (AvgIpc) is 2.59. The zero-order chi connectivity index (χ0) is 17.1. The Kier molecular flexibility index (Phi) is 4.71. The maximum absolute atomic E-state index is 12.1. The second-order valence-electron chi connectivity index (χ2n) is 5.42. The summed E-state index contributed by atoms with van der Waals surface area (Å²) in [7, 11) is 1.59. The van der Waals surface area contributed by atoms with Crippen molar-refractivity contribution in [1.82, 2.24) is 0 Å². The van der Waals surface area contributed by atoms with Gasteiger partial charge < -0.3 is 14.3 Å². The van der Waals surface area contributed by atoms with Gasteiger partial charge in [0.15, 0.2) is 0 Å². The predicted octanol–water partition coefficient (Wildman–Crippen LogP) is 4.08. The van der Waals surface area contributed by atoms with Crippen molar-refractivity contribution < 1.29 is 19.1 Å². The Labute approximate surface area is 144 Å². The van der Waals surface area contributed by atoms with Gasteiger partial charge in [-0.05, 0) is 43.3 Å². The fraction of sp³-hybridized carbons (Fsp3) is 0.222. The van der Waals surface area contributed by atoms with Gasteiger partial charge in [0, 0.05) is 23.1 Å². The molecule has 6 heteroatoms. The number of fused-ring (bicyclic) bond motifs is 1. The molecule has 0 fully saturated rings. The maximum atomic E-state index is 12.1. The Balaban J connectivity index is 1.83. The third kappa shape index (κ3) is 3.51. The number of hydrogen-bond donors (Lipinski definition) is 0. The molecule has 3 rings (SSSR count). The largest absolute Gasteiger partial charge is 0.497 e. The second-order valence-corrected chi connectivity index (χ2v) is 5.85. The highest BCUT2D eigenvalue weighted by molar-refractivity contribution is 6.30. The molecule has 0 N–H and O–H groups in total. The third-order valence-corrected chi connectivity index (χ3v) is 3.88. The van der Waals surface area contributed by atoms with Gasteiger partial charge >= 0.3 is 5.97 Å². The summed E-state index contributed by atoms with van der Waals surface area (Å²) in [5.41, 5.74) is 1.84. The molecule has 0 spiro atoms. The van der Waals surface area contributed by atoms with Crippen molar-refractivity contribution in [1.29, 1.82) is 0 Å². The fourth-order valence-corrected chi connectivity index (χ4v) is 2.55. The van der Waals surface area contributed by atoms with Gasteiger partial charge in [0.05, 0.1) is 18.4 Å². The van der Waals surface area contributed by atoms with Crippen LogP contribution in [0.2, 0.25) is 5.02 Å². The topological polar surface area (TPSA) is 57.1 Å². The molecule has 0 amide bonds. The summed E-state index contributed by atoms with van der Waals surface area (Å²) in [5, 5.41) is 4.60. The number of ether oxygens (including phenoxy) is 2. The molecule has 2 aromatic rings. The van der Waals surface area contributed by atoms with Crippen molar-refractivity contribution in [3.63, 3.8) is 0 Å². The molecule has 1 aliphatic rings. The average molecular weight is 346 g/mol. The molecule has 0 bridgehead atoms. The van der Waals surface area contributed by atoms with Crippen LogP contribution in [0.3, 0.4) is 0 Å². The molecule has 1 heterocycles. The van der Waals surface area contributed by atoms with E-state index in [0.717, 1.165) is 5.56 Å². The summed E-state index contributed by atoms with van der Waals surface area (Å²) in [4.78, 5) is 17.2. The number of halogens is 1. The summed E-state index contributed by atoms with van der Waals surface area (Å²) in [6.45, 7) is 1.93. The lowest BCUT2D eigenvalue weighted by Gasteiger charge is -2.24. The highest BCUT2D eigenvalue weighted by atomic mass is 35.5. The lowest BCUT2D eigenvalue weighted by Crippen LogP contribution is -2.25. The summed E-state index contributed by atoms with van der Waals surface area (Å²) in [6.07, 6.45) is 0.477. The minimum absolute atomic E-state index is 0.0717. The number of benzene rings is 2. The number of hydrogen-bond acceptors (Lipinski definition) is 5. The van der Waals surface area contributed by atoms with E-state index in [2.05, 4.69) is 5.16 Å². The summed E-state index contributed by atoms with van der Waals surface area (Å²) in [5.74, 6) is 0.822. The standard InChI is InChI=1S/C18H16ClNO4/c1-11-9-16(15-8-7-14(22-2)10-17(15)23-11)20-24-18(21)12-3-5-13(19)6-4-12/h3-8,10-11H,9H2,1-2H3/b20-16+/t11-/m1/s1. The van der Waals surface area contributed by atoms with E-state index in [1.807, 2.05) is 19.1 Å². The van der Waals surface area contributed by atoms with Gasteiger partial charge in [0.2, 0.25) is 0 Å². The van der Waals surface area contributed by atoms with Crippen LogP contribution in [0.25, 0.3) is 0 Å². The van der Waals surface area contributed by atoms with Crippen molar-refractivity contribution in [2.24, 2.45) is 5.16 Å². The van der Waals surface area contributed by atoms with Crippen LogP contribution < -0.4 is 9.47 Å². The van der Waals surface area contributed by atoms with Crippen LogP contribution in [0.5, 0.6) is 11.5 Å². The number of methoxy groups -OCH3 is 1. The first-order valence-electron chi connectivity index (χ1n) is 7.45. The van der Waals surface area contributed by atoms with Gasteiger partial charge in [-0.3, -0.25) is 0 Å². The first-order valence-corrected chi connectivity index (χ1v) is 7.83. The molecule has 0 saturated carbocycles. The second kappa shape index (κ2) is 6.93. The molecule has 124 valence electrons. The predicted molar refractivity (Wildman–Crippen MR) is 91.1 cm³/mol. The van der Waals surface area contributed by atoms with Gasteiger partial charge in [0.25, 0.3) is 0 Å². The zero-order valence-electron chi connectivity index (χ0n) is 13.3. The number of carbonyl (C=O) groups is 1. The lowest BCUT2D eigenvalue weighted by atomic mass is 10.0. The van der Waals surface area contributed by atoms with Crippen molar-refractivity contribution >= 4 is 23.3 Å². The van der Waals surface area contributed by atoms with Gasteiger partial charge in [0.1, 0.15) is 17.6 Å². The number of nitrogens with zero attached hydrogens (tertiary/aromatic N) is 1. The highest BCUT2D eigenvalue weighted by Gasteiger charge is 2.23. The minimum atomic E-state index is -0.534. The van der Waals surface area contributed by atoms with Crippen LogP contribution in [0.15, 0.2) is 47.6 Å². The van der Waals surface area contributed by atoms with Crippen LogP contribution >= 0.6 is 11.6 Å². The van der Waals surface area contributed by atoms with Crippen molar-refractivity contribution in [3.05, 3.63) is 58.6 Å². The van der Waals surface area contributed by atoms with Crippen molar-refractivity contribution in [3.8, 4) is 11.5 Å². The highest BCUT2D eigenvalue weighted by Crippen LogP contribution is 2.31. The Hall–Kier alpha value is -2.53. The molecule has 2 aromatic carbocycles. The van der Waals surface area contributed by atoms with E-state index in [0.29, 0.717) is 34.2 Å². The summed E-state index contributed by atoms with van der Waals surface area (Å²) >= 11 is 5.81. The summed E-state index contributed by atoms with van der Waals surface area (Å²) < 4.78 is 11.0. The first kappa shape index (κ1) is 16.3. The molecular weight excluding hydrogens is 330 g/mol. The quantitative estimate of drug-likeness (QED) is 0.621. The number of rotatable bonds is 3.